The lowest BCUT2D eigenvalue weighted by Gasteiger charge is -2.08. The second-order valence-corrected chi connectivity index (χ2v) is 5.49. The molecular formula is C16H18OS. The van der Waals surface area contributed by atoms with E-state index in [1.54, 1.807) is 0 Å². The third-order valence-electron chi connectivity index (χ3n) is 3.08. The topological polar surface area (TPSA) is 17.1 Å². The van der Waals surface area contributed by atoms with Crippen LogP contribution in [0.3, 0.4) is 0 Å². The van der Waals surface area contributed by atoms with E-state index in [4.69, 9.17) is 0 Å². The van der Waals surface area contributed by atoms with Gasteiger partial charge in [-0.2, -0.15) is 11.8 Å². The number of carbonyl (C=O) groups excluding carboxylic acids is 1. The summed E-state index contributed by atoms with van der Waals surface area (Å²) in [6.07, 6.45) is 3.47. The average molecular weight is 258 g/mol. The van der Waals surface area contributed by atoms with Crippen molar-refractivity contribution in [2.24, 2.45) is 0 Å². The van der Waals surface area contributed by atoms with E-state index in [2.05, 4.69) is 25.1 Å². The minimum atomic E-state index is 0.858. The summed E-state index contributed by atoms with van der Waals surface area (Å²) < 4.78 is 0. The van der Waals surface area contributed by atoms with Crippen molar-refractivity contribution in [3.8, 4) is 0 Å². The molecular weight excluding hydrogens is 240 g/mol. The summed E-state index contributed by atoms with van der Waals surface area (Å²) in [5.41, 5.74) is 2.02. The molecule has 0 atom stereocenters. The Kier molecular flexibility index (Phi) is 4.82. The maximum atomic E-state index is 11.3. The van der Waals surface area contributed by atoms with Crippen LogP contribution in [0, 0.1) is 0 Å². The molecule has 0 aliphatic rings. The first-order valence-corrected chi connectivity index (χ1v) is 7.56. The predicted octanol–water partition coefficient (Wildman–Crippen LogP) is 4.69. The van der Waals surface area contributed by atoms with Crippen LogP contribution in [0.1, 0.15) is 35.7 Å². The molecule has 0 aromatic heterocycles. The van der Waals surface area contributed by atoms with E-state index in [-0.39, 0.29) is 0 Å². The number of unbranched alkanes of at least 4 members (excludes halogenated alkanes) is 1. The van der Waals surface area contributed by atoms with Crippen LogP contribution >= 0.6 is 11.8 Å². The Bertz CT molecular complexity index is 534. The first kappa shape index (κ1) is 13.2. The van der Waals surface area contributed by atoms with Gasteiger partial charge in [0.2, 0.25) is 0 Å². The Morgan fingerprint density at radius 1 is 1.17 bits per heavy atom. The van der Waals surface area contributed by atoms with E-state index in [0.29, 0.717) is 0 Å². The second-order valence-electron chi connectivity index (χ2n) is 4.38. The molecule has 0 aliphatic carbocycles. The standard InChI is InChI=1S/C16H18OS/c1-2-3-10-18-12-14-9-8-13-6-4-5-7-15(13)16(14)11-17/h4-9,11H,2-3,10,12H2,1H3. The third kappa shape index (κ3) is 2.94. The van der Waals surface area contributed by atoms with Crippen molar-refractivity contribution in [3.05, 3.63) is 47.5 Å². The van der Waals surface area contributed by atoms with Crippen molar-refractivity contribution >= 4 is 28.8 Å². The maximum Gasteiger partial charge on any atom is 0.150 e. The summed E-state index contributed by atoms with van der Waals surface area (Å²) in [7, 11) is 0. The summed E-state index contributed by atoms with van der Waals surface area (Å²) in [4.78, 5) is 11.3. The van der Waals surface area contributed by atoms with Gasteiger partial charge in [-0.25, -0.2) is 0 Å². The Labute approximate surface area is 113 Å². The zero-order chi connectivity index (χ0) is 12.8. The fourth-order valence-corrected chi connectivity index (χ4v) is 3.14. The lowest BCUT2D eigenvalue weighted by molar-refractivity contribution is 0.112. The van der Waals surface area contributed by atoms with Crippen molar-refractivity contribution in [3.63, 3.8) is 0 Å². The molecule has 94 valence electrons. The normalized spacial score (nSPS) is 10.7. The van der Waals surface area contributed by atoms with Crippen LogP contribution in [0.25, 0.3) is 10.8 Å². The van der Waals surface area contributed by atoms with E-state index in [9.17, 15) is 4.79 Å². The number of fused-ring (bicyclic) bond motifs is 1. The van der Waals surface area contributed by atoms with Gasteiger partial charge in [-0.15, -0.1) is 0 Å². The Morgan fingerprint density at radius 3 is 2.78 bits per heavy atom. The van der Waals surface area contributed by atoms with E-state index in [1.165, 1.54) is 18.6 Å². The highest BCUT2D eigenvalue weighted by Crippen LogP contribution is 2.24. The molecule has 2 rings (SSSR count). The number of rotatable bonds is 6. The number of aldehydes is 1. The number of hydrogen-bond donors (Lipinski definition) is 0. The van der Waals surface area contributed by atoms with Gasteiger partial charge in [0, 0.05) is 11.3 Å². The monoisotopic (exact) mass is 258 g/mol. The van der Waals surface area contributed by atoms with Crippen LogP contribution in [-0.4, -0.2) is 12.0 Å². The summed E-state index contributed by atoms with van der Waals surface area (Å²) >= 11 is 1.91. The largest absolute Gasteiger partial charge is 0.298 e. The van der Waals surface area contributed by atoms with Crippen molar-refractivity contribution in [1.29, 1.82) is 0 Å². The molecule has 0 aliphatic heterocycles. The number of thioether (sulfide) groups is 1. The van der Waals surface area contributed by atoms with Gasteiger partial charge in [-0.3, -0.25) is 4.79 Å². The molecule has 0 saturated carbocycles. The van der Waals surface area contributed by atoms with Gasteiger partial charge in [0.25, 0.3) is 0 Å². The minimum absolute atomic E-state index is 0.858. The van der Waals surface area contributed by atoms with Crippen LogP contribution in [0.4, 0.5) is 0 Å². The summed E-state index contributed by atoms with van der Waals surface area (Å²) in [6, 6.07) is 12.3. The molecule has 0 heterocycles. The van der Waals surface area contributed by atoms with Crippen LogP contribution in [-0.2, 0) is 5.75 Å². The van der Waals surface area contributed by atoms with Gasteiger partial charge >= 0.3 is 0 Å². The SMILES string of the molecule is CCCCSCc1ccc2ccccc2c1C=O. The molecule has 0 bridgehead atoms. The maximum absolute atomic E-state index is 11.3. The third-order valence-corrected chi connectivity index (χ3v) is 4.17. The van der Waals surface area contributed by atoms with Gasteiger partial charge in [0.05, 0.1) is 0 Å². The molecule has 18 heavy (non-hydrogen) atoms. The molecule has 2 aromatic rings. The molecule has 2 aromatic carbocycles. The van der Waals surface area contributed by atoms with Gasteiger partial charge < -0.3 is 0 Å². The molecule has 1 nitrogen and oxygen atoms in total. The smallest absolute Gasteiger partial charge is 0.150 e. The highest BCUT2D eigenvalue weighted by atomic mass is 32.2. The van der Waals surface area contributed by atoms with Crippen LogP contribution in [0.5, 0.6) is 0 Å². The number of hydrogen-bond acceptors (Lipinski definition) is 2. The van der Waals surface area contributed by atoms with E-state index >= 15 is 0 Å². The van der Waals surface area contributed by atoms with E-state index < -0.39 is 0 Å². The summed E-state index contributed by atoms with van der Waals surface area (Å²) in [5.74, 6) is 2.10. The Balaban J connectivity index is 2.24. The molecule has 0 radical (unpaired) electrons. The van der Waals surface area contributed by atoms with Crippen LogP contribution in [0.2, 0.25) is 0 Å². The molecule has 0 unspecified atom stereocenters. The average Bonchev–Trinajstić information content (AvgIpc) is 2.43. The zero-order valence-electron chi connectivity index (χ0n) is 10.7. The van der Waals surface area contributed by atoms with E-state index in [0.717, 1.165) is 33.9 Å². The summed E-state index contributed by atoms with van der Waals surface area (Å²) in [6.45, 7) is 2.20. The number of carbonyl (C=O) groups is 1. The lowest BCUT2D eigenvalue weighted by Crippen LogP contribution is -1.93. The van der Waals surface area contributed by atoms with Gasteiger partial charge in [-0.1, -0.05) is 49.7 Å². The highest BCUT2D eigenvalue weighted by Gasteiger charge is 2.06. The zero-order valence-corrected chi connectivity index (χ0v) is 11.5. The van der Waals surface area contributed by atoms with E-state index in [1.807, 2.05) is 30.0 Å². The molecule has 0 fully saturated rings. The number of benzene rings is 2. The van der Waals surface area contributed by atoms with Crippen molar-refractivity contribution in [2.45, 2.75) is 25.5 Å². The van der Waals surface area contributed by atoms with Crippen LogP contribution in [0.15, 0.2) is 36.4 Å². The van der Waals surface area contributed by atoms with Crippen molar-refractivity contribution in [2.75, 3.05) is 5.75 Å². The quantitative estimate of drug-likeness (QED) is 0.552. The summed E-state index contributed by atoms with van der Waals surface area (Å²) in [5, 5.41) is 2.21. The minimum Gasteiger partial charge on any atom is -0.298 e. The van der Waals surface area contributed by atoms with Crippen LogP contribution < -0.4 is 0 Å². The van der Waals surface area contributed by atoms with Crippen molar-refractivity contribution < 1.29 is 4.79 Å². The first-order valence-electron chi connectivity index (χ1n) is 6.40. The first-order chi connectivity index (χ1) is 8.86. The fraction of sp³-hybridized carbons (Fsp3) is 0.312. The predicted molar refractivity (Wildman–Crippen MR) is 80.4 cm³/mol. The molecule has 0 amide bonds. The lowest BCUT2D eigenvalue weighted by atomic mass is 10.0. The Morgan fingerprint density at radius 2 is 2.00 bits per heavy atom. The fourth-order valence-electron chi connectivity index (χ4n) is 2.03. The molecule has 2 heteroatoms. The van der Waals surface area contributed by atoms with Gasteiger partial charge in [0.15, 0.2) is 6.29 Å². The Hall–Kier alpha value is -1.28. The van der Waals surface area contributed by atoms with Gasteiger partial charge in [-0.05, 0) is 28.5 Å². The highest BCUT2D eigenvalue weighted by molar-refractivity contribution is 7.98. The molecule has 0 spiro atoms. The van der Waals surface area contributed by atoms with Gasteiger partial charge in [0.1, 0.15) is 0 Å². The molecule has 0 N–H and O–H groups in total. The molecule has 0 saturated heterocycles. The van der Waals surface area contributed by atoms with Crippen molar-refractivity contribution in [1.82, 2.24) is 0 Å². The second kappa shape index (κ2) is 6.60.